The number of benzene rings is 2. The number of hydrogen-bond donors (Lipinski definition) is 4. The summed E-state index contributed by atoms with van der Waals surface area (Å²) in [6, 6.07) is 6.58. The molecule has 0 aliphatic carbocycles. The van der Waals surface area contributed by atoms with E-state index in [0.717, 1.165) is 10.4 Å². The maximum Gasteiger partial charge on any atom is 0.142 e. The Balaban J connectivity index is 2.28. The number of phenolic OH excluding ortho intramolecular Hbond substituents is 2. The van der Waals surface area contributed by atoms with Gasteiger partial charge in [-0.25, -0.2) is 0 Å². The lowest BCUT2D eigenvalue weighted by atomic mass is 10.2. The normalized spacial score (nSPS) is 15.1. The molecule has 6 heteroatoms. The van der Waals surface area contributed by atoms with Crippen molar-refractivity contribution in [2.75, 3.05) is 11.5 Å². The summed E-state index contributed by atoms with van der Waals surface area (Å²) < 4.78 is 5.81. The Hall–Kier alpha value is -2.34. The van der Waals surface area contributed by atoms with E-state index in [-0.39, 0.29) is 17.2 Å². The first-order valence-electron chi connectivity index (χ1n) is 6.24. The summed E-state index contributed by atoms with van der Waals surface area (Å²) in [5.74, 6) is 1.30. The van der Waals surface area contributed by atoms with Crippen LogP contribution in [0.4, 0.5) is 11.4 Å². The molecule has 6 N–H and O–H groups in total. The second-order valence-corrected chi connectivity index (χ2v) is 9.87. The van der Waals surface area contributed by atoms with E-state index in [4.69, 9.17) is 16.2 Å². The van der Waals surface area contributed by atoms with Gasteiger partial charge in [-0.05, 0) is 22.5 Å². The molecule has 1 aliphatic rings. The van der Waals surface area contributed by atoms with E-state index in [1.807, 2.05) is 0 Å². The molecular formula is C14H16N2O3Si. The molecule has 1 heterocycles. The van der Waals surface area contributed by atoms with Crippen molar-refractivity contribution >= 4 is 29.8 Å². The van der Waals surface area contributed by atoms with Gasteiger partial charge in [-0.15, -0.1) is 0 Å². The fourth-order valence-corrected chi connectivity index (χ4v) is 5.36. The molecule has 0 atom stereocenters. The number of rotatable bonds is 0. The molecule has 0 saturated heterocycles. The molecular weight excluding hydrogens is 272 g/mol. The van der Waals surface area contributed by atoms with Crippen molar-refractivity contribution in [3.63, 3.8) is 0 Å². The van der Waals surface area contributed by atoms with E-state index in [1.165, 1.54) is 6.07 Å². The van der Waals surface area contributed by atoms with Crippen molar-refractivity contribution in [1.29, 1.82) is 0 Å². The molecule has 0 amide bonds. The summed E-state index contributed by atoms with van der Waals surface area (Å²) in [5, 5.41) is 21.5. The lowest BCUT2D eigenvalue weighted by molar-refractivity contribution is 0.456. The van der Waals surface area contributed by atoms with E-state index < -0.39 is 8.07 Å². The van der Waals surface area contributed by atoms with Gasteiger partial charge >= 0.3 is 0 Å². The monoisotopic (exact) mass is 288 g/mol. The van der Waals surface area contributed by atoms with Crippen LogP contribution in [0.3, 0.4) is 0 Å². The fraction of sp³-hybridized carbons (Fsp3) is 0.143. The maximum absolute atomic E-state index is 9.83. The number of ether oxygens (including phenoxy) is 1. The first-order chi connectivity index (χ1) is 9.30. The quantitative estimate of drug-likeness (QED) is 0.331. The molecule has 0 bridgehead atoms. The molecule has 3 rings (SSSR count). The minimum absolute atomic E-state index is 0.00347. The standard InChI is InChI=1S/C14H16N2O3Si/c1-20(2)13-4-8(16)9(17)5-12(13)19-11-3-7(15)10(18)6-14(11)20/h3-6,17-18H,15-16H2,1-2H3. The van der Waals surface area contributed by atoms with Crippen molar-refractivity contribution < 1.29 is 14.9 Å². The van der Waals surface area contributed by atoms with Crippen molar-refractivity contribution in [3.05, 3.63) is 24.3 Å². The highest BCUT2D eigenvalue weighted by Gasteiger charge is 2.37. The second kappa shape index (κ2) is 3.83. The largest absolute Gasteiger partial charge is 0.506 e. The molecule has 104 valence electrons. The van der Waals surface area contributed by atoms with Crippen LogP contribution in [0.5, 0.6) is 23.0 Å². The zero-order valence-corrected chi connectivity index (χ0v) is 12.3. The highest BCUT2D eigenvalue weighted by Crippen LogP contribution is 2.36. The lowest BCUT2D eigenvalue weighted by Crippen LogP contribution is -2.56. The maximum atomic E-state index is 9.83. The lowest BCUT2D eigenvalue weighted by Gasteiger charge is -2.33. The van der Waals surface area contributed by atoms with Gasteiger partial charge in [0.2, 0.25) is 0 Å². The molecule has 0 aromatic heterocycles. The summed E-state index contributed by atoms with van der Waals surface area (Å²) in [5.41, 5.74) is 12.1. The highest BCUT2D eigenvalue weighted by atomic mass is 28.3. The van der Waals surface area contributed by atoms with E-state index in [0.29, 0.717) is 17.2 Å². The van der Waals surface area contributed by atoms with Crippen LogP contribution in [0.15, 0.2) is 24.3 Å². The van der Waals surface area contributed by atoms with Crippen LogP contribution in [0.25, 0.3) is 0 Å². The van der Waals surface area contributed by atoms with Crippen LogP contribution in [0.2, 0.25) is 13.1 Å². The first kappa shape index (κ1) is 12.7. The number of nitrogen functional groups attached to an aromatic ring is 2. The van der Waals surface area contributed by atoms with Gasteiger partial charge in [0.1, 0.15) is 31.1 Å². The first-order valence-corrected chi connectivity index (χ1v) is 9.24. The molecule has 5 nitrogen and oxygen atoms in total. The summed E-state index contributed by atoms with van der Waals surface area (Å²) in [6.07, 6.45) is 0. The Morgan fingerprint density at radius 2 is 1.35 bits per heavy atom. The molecule has 0 saturated carbocycles. The molecule has 2 aromatic carbocycles. The topological polar surface area (TPSA) is 102 Å². The van der Waals surface area contributed by atoms with E-state index in [1.54, 1.807) is 18.2 Å². The summed E-state index contributed by atoms with van der Waals surface area (Å²) in [4.78, 5) is 0. The third kappa shape index (κ3) is 1.61. The zero-order valence-electron chi connectivity index (χ0n) is 11.3. The summed E-state index contributed by atoms with van der Waals surface area (Å²) >= 11 is 0. The van der Waals surface area contributed by atoms with Crippen LogP contribution in [0.1, 0.15) is 0 Å². The fourth-order valence-electron chi connectivity index (χ4n) is 2.58. The Labute approximate surface area is 117 Å². The summed E-state index contributed by atoms with van der Waals surface area (Å²) in [7, 11) is -2.07. The van der Waals surface area contributed by atoms with Gasteiger partial charge in [0.05, 0.1) is 11.4 Å². The number of anilines is 2. The SMILES string of the molecule is C[Si]1(C)c2cc(N)c(O)cc2Oc2cc(N)c(O)cc21. The highest BCUT2D eigenvalue weighted by molar-refractivity contribution is 7.01. The molecule has 0 fully saturated rings. The molecule has 20 heavy (non-hydrogen) atoms. The van der Waals surface area contributed by atoms with E-state index in [2.05, 4.69) is 13.1 Å². The van der Waals surface area contributed by atoms with Crippen LogP contribution >= 0.6 is 0 Å². The van der Waals surface area contributed by atoms with Crippen LogP contribution in [-0.4, -0.2) is 18.3 Å². The van der Waals surface area contributed by atoms with Crippen LogP contribution in [-0.2, 0) is 0 Å². The van der Waals surface area contributed by atoms with Gasteiger partial charge in [-0.3, -0.25) is 0 Å². The number of phenols is 2. The third-order valence-corrected chi connectivity index (χ3v) is 7.30. The summed E-state index contributed by atoms with van der Waals surface area (Å²) in [6.45, 7) is 4.28. The van der Waals surface area contributed by atoms with E-state index in [9.17, 15) is 10.2 Å². The van der Waals surface area contributed by atoms with Gasteiger partial charge in [0.15, 0.2) is 0 Å². The minimum Gasteiger partial charge on any atom is -0.506 e. The smallest absolute Gasteiger partial charge is 0.142 e. The van der Waals surface area contributed by atoms with Crippen molar-refractivity contribution in [1.82, 2.24) is 0 Å². The number of nitrogens with two attached hydrogens (primary N) is 2. The Morgan fingerprint density at radius 1 is 0.850 bits per heavy atom. The minimum atomic E-state index is -2.07. The zero-order chi connectivity index (χ0) is 14.7. The van der Waals surface area contributed by atoms with Crippen LogP contribution < -0.4 is 26.6 Å². The van der Waals surface area contributed by atoms with Gasteiger partial charge < -0.3 is 26.4 Å². The average Bonchev–Trinajstić information content (AvgIpc) is 2.35. The molecule has 1 aliphatic heterocycles. The van der Waals surface area contributed by atoms with Crippen molar-refractivity contribution in [2.45, 2.75) is 13.1 Å². The van der Waals surface area contributed by atoms with Crippen molar-refractivity contribution in [3.8, 4) is 23.0 Å². The van der Waals surface area contributed by atoms with Gasteiger partial charge in [-0.1, -0.05) is 13.1 Å². The number of aromatic hydroxyl groups is 2. The number of fused-ring (bicyclic) bond motifs is 2. The number of hydrogen-bond acceptors (Lipinski definition) is 5. The Morgan fingerprint density at radius 3 is 2.05 bits per heavy atom. The predicted molar refractivity (Wildman–Crippen MR) is 81.9 cm³/mol. The Bertz CT molecular complexity index is 669. The van der Waals surface area contributed by atoms with Gasteiger partial charge in [0, 0.05) is 12.1 Å². The van der Waals surface area contributed by atoms with Gasteiger partial charge in [0.25, 0.3) is 0 Å². The van der Waals surface area contributed by atoms with Crippen LogP contribution in [0, 0.1) is 0 Å². The second-order valence-electron chi connectivity index (χ2n) is 5.54. The molecule has 0 radical (unpaired) electrons. The van der Waals surface area contributed by atoms with Crippen molar-refractivity contribution in [2.24, 2.45) is 0 Å². The third-order valence-electron chi connectivity index (χ3n) is 3.82. The Kier molecular flexibility index (Phi) is 2.43. The van der Waals surface area contributed by atoms with Gasteiger partial charge in [-0.2, -0.15) is 0 Å². The predicted octanol–water partition coefficient (Wildman–Crippen LogP) is 1.19. The molecule has 0 unspecified atom stereocenters. The molecule has 0 spiro atoms. The average molecular weight is 288 g/mol. The molecule has 2 aromatic rings. The van der Waals surface area contributed by atoms with E-state index >= 15 is 0 Å².